The number of anilines is 1. The van der Waals surface area contributed by atoms with Gasteiger partial charge in [0.15, 0.2) is 5.78 Å². The first-order valence-electron chi connectivity index (χ1n) is 13.9. The highest BCUT2D eigenvalue weighted by atomic mass is 16.5. The van der Waals surface area contributed by atoms with E-state index in [0.717, 1.165) is 98.2 Å². The fourth-order valence-corrected chi connectivity index (χ4v) is 5.46. The number of ether oxygens (including phenoxy) is 1. The van der Waals surface area contributed by atoms with E-state index in [1.54, 1.807) is 13.2 Å². The molecule has 6 nitrogen and oxygen atoms in total. The maximum Gasteiger partial charge on any atom is 0.186 e. The third-order valence-electron chi connectivity index (χ3n) is 7.98. The van der Waals surface area contributed by atoms with E-state index in [1.165, 1.54) is 0 Å². The highest BCUT2D eigenvalue weighted by molar-refractivity contribution is 6.08. The summed E-state index contributed by atoms with van der Waals surface area (Å²) in [4.78, 5) is 23.1. The van der Waals surface area contributed by atoms with Crippen LogP contribution in [0.5, 0.6) is 5.75 Å². The Morgan fingerprint density at radius 1 is 0.821 bits per heavy atom. The molecule has 0 bridgehead atoms. The van der Waals surface area contributed by atoms with Gasteiger partial charge < -0.3 is 19.4 Å². The number of piperazine rings is 2. The summed E-state index contributed by atoms with van der Waals surface area (Å²) in [6, 6.07) is 22.7. The average molecular weight is 525 g/mol. The molecule has 0 spiro atoms. The molecule has 0 aliphatic carbocycles. The minimum atomic E-state index is 0.0536. The molecule has 2 fully saturated rings. The Kier molecular flexibility index (Phi) is 8.77. The van der Waals surface area contributed by atoms with Crippen LogP contribution in [0.1, 0.15) is 21.5 Å². The Balaban J connectivity index is 1.42. The van der Waals surface area contributed by atoms with E-state index in [2.05, 4.69) is 64.0 Å². The summed E-state index contributed by atoms with van der Waals surface area (Å²) in [6.07, 6.45) is 3.75. The molecule has 6 heteroatoms. The van der Waals surface area contributed by atoms with Gasteiger partial charge >= 0.3 is 0 Å². The summed E-state index contributed by atoms with van der Waals surface area (Å²) < 4.78 is 5.64. The first-order valence-corrected chi connectivity index (χ1v) is 13.9. The number of hydrogen-bond acceptors (Lipinski definition) is 6. The lowest BCUT2D eigenvalue weighted by Crippen LogP contribution is -2.44. The van der Waals surface area contributed by atoms with Crippen LogP contribution in [0, 0.1) is 0 Å². The fourth-order valence-electron chi connectivity index (χ4n) is 5.46. The molecule has 3 aromatic carbocycles. The van der Waals surface area contributed by atoms with E-state index in [9.17, 15) is 4.79 Å². The Hall–Kier alpha value is -3.45. The van der Waals surface area contributed by atoms with E-state index in [-0.39, 0.29) is 5.78 Å². The number of carbonyl (C=O) groups is 1. The van der Waals surface area contributed by atoms with E-state index in [4.69, 9.17) is 4.74 Å². The number of benzene rings is 3. The van der Waals surface area contributed by atoms with Crippen molar-refractivity contribution < 1.29 is 9.53 Å². The van der Waals surface area contributed by atoms with Crippen LogP contribution in [0.15, 0.2) is 72.8 Å². The molecule has 0 atom stereocenters. The number of carbonyl (C=O) groups excluding carboxylic acids is 1. The number of allylic oxidation sites excluding steroid dienone is 1. The number of ketones is 1. The second-order valence-electron chi connectivity index (χ2n) is 10.7. The van der Waals surface area contributed by atoms with Gasteiger partial charge in [0.05, 0.1) is 7.11 Å². The van der Waals surface area contributed by atoms with E-state index >= 15 is 0 Å². The van der Waals surface area contributed by atoms with Crippen LogP contribution in [-0.2, 0) is 6.54 Å². The van der Waals surface area contributed by atoms with Gasteiger partial charge in [-0.3, -0.25) is 9.69 Å². The second-order valence-corrected chi connectivity index (χ2v) is 10.7. The zero-order valence-electron chi connectivity index (χ0n) is 23.5. The SMILES string of the molecule is COc1ccccc1-c1ccc(C=CC(=O)c2ccccc2CN2CCN(C)CC2)c(N2CCN(C)CC2)c1. The first kappa shape index (κ1) is 27.1. The summed E-state index contributed by atoms with van der Waals surface area (Å²) in [7, 11) is 6.05. The van der Waals surface area contributed by atoms with Crippen LogP contribution >= 0.6 is 0 Å². The molecule has 2 aliphatic rings. The van der Waals surface area contributed by atoms with Crippen molar-refractivity contribution in [1.82, 2.24) is 14.7 Å². The molecule has 3 aromatic rings. The van der Waals surface area contributed by atoms with Crippen LogP contribution in [-0.4, -0.2) is 94.0 Å². The van der Waals surface area contributed by atoms with Crippen LogP contribution in [0.25, 0.3) is 17.2 Å². The van der Waals surface area contributed by atoms with Crippen molar-refractivity contribution in [3.05, 3.63) is 89.5 Å². The molecule has 0 unspecified atom stereocenters. The molecule has 0 saturated carbocycles. The molecule has 2 saturated heterocycles. The smallest absolute Gasteiger partial charge is 0.186 e. The predicted molar refractivity (Wildman–Crippen MR) is 161 cm³/mol. The number of nitrogens with zero attached hydrogens (tertiary/aromatic N) is 4. The lowest BCUT2D eigenvalue weighted by Gasteiger charge is -2.35. The first-order chi connectivity index (χ1) is 19.0. The zero-order chi connectivity index (χ0) is 27.2. The molecule has 2 aliphatic heterocycles. The largest absolute Gasteiger partial charge is 0.496 e. The zero-order valence-corrected chi connectivity index (χ0v) is 23.5. The number of methoxy groups -OCH3 is 1. The van der Waals surface area contributed by atoms with Crippen molar-refractivity contribution in [2.24, 2.45) is 0 Å². The maximum absolute atomic E-state index is 13.5. The Morgan fingerprint density at radius 2 is 1.49 bits per heavy atom. The molecule has 5 rings (SSSR count). The second kappa shape index (κ2) is 12.6. The number of hydrogen-bond donors (Lipinski definition) is 0. The van der Waals surface area contributed by atoms with Gasteiger partial charge in [0.25, 0.3) is 0 Å². The Morgan fingerprint density at radius 3 is 2.23 bits per heavy atom. The molecule has 0 radical (unpaired) electrons. The quantitative estimate of drug-likeness (QED) is 0.313. The van der Waals surface area contributed by atoms with E-state index in [0.29, 0.717) is 0 Å². The Labute approximate surface area is 233 Å². The lowest BCUT2D eigenvalue weighted by atomic mass is 9.98. The van der Waals surface area contributed by atoms with Crippen LogP contribution in [0.4, 0.5) is 5.69 Å². The fraction of sp³-hybridized carbons (Fsp3) is 0.364. The average Bonchev–Trinajstić information content (AvgIpc) is 2.98. The molecule has 0 N–H and O–H groups in total. The summed E-state index contributed by atoms with van der Waals surface area (Å²) in [5.74, 6) is 0.912. The number of rotatable bonds is 8. The minimum Gasteiger partial charge on any atom is -0.496 e. The van der Waals surface area contributed by atoms with Crippen LogP contribution in [0.2, 0.25) is 0 Å². The monoisotopic (exact) mass is 524 g/mol. The third-order valence-corrected chi connectivity index (χ3v) is 7.98. The van der Waals surface area contributed by atoms with Crippen molar-refractivity contribution in [2.45, 2.75) is 6.54 Å². The summed E-state index contributed by atoms with van der Waals surface area (Å²) in [6.45, 7) is 8.93. The normalized spacial score (nSPS) is 17.6. The van der Waals surface area contributed by atoms with Crippen molar-refractivity contribution >= 4 is 17.5 Å². The van der Waals surface area contributed by atoms with Gasteiger partial charge in [-0.15, -0.1) is 0 Å². The van der Waals surface area contributed by atoms with E-state index < -0.39 is 0 Å². The molecule has 204 valence electrons. The summed E-state index contributed by atoms with van der Waals surface area (Å²) >= 11 is 0. The van der Waals surface area contributed by atoms with Crippen molar-refractivity contribution in [1.29, 1.82) is 0 Å². The maximum atomic E-state index is 13.5. The highest BCUT2D eigenvalue weighted by Crippen LogP contribution is 2.34. The molecule has 0 aromatic heterocycles. The molecule has 39 heavy (non-hydrogen) atoms. The van der Waals surface area contributed by atoms with Crippen molar-refractivity contribution in [2.75, 3.05) is 78.5 Å². The predicted octanol–water partition coefficient (Wildman–Crippen LogP) is 4.76. The lowest BCUT2D eigenvalue weighted by molar-refractivity contribution is 0.104. The molecule has 2 heterocycles. The van der Waals surface area contributed by atoms with Crippen LogP contribution < -0.4 is 9.64 Å². The van der Waals surface area contributed by atoms with Gasteiger partial charge in [-0.25, -0.2) is 0 Å². The summed E-state index contributed by atoms with van der Waals surface area (Å²) in [5.41, 5.74) is 6.29. The van der Waals surface area contributed by atoms with Gasteiger partial charge in [-0.05, 0) is 55.1 Å². The van der Waals surface area contributed by atoms with Gasteiger partial charge in [-0.1, -0.05) is 54.6 Å². The number of para-hydroxylation sites is 1. The molecule has 0 amide bonds. The standard InChI is InChI=1S/C33H40N4O2/c1-34-16-20-36(21-17-34)25-28-8-4-5-9-29(28)32(38)15-14-26-12-13-27(30-10-6-7-11-33(30)39-3)24-31(26)37-22-18-35(2)19-23-37/h4-15,24H,16-23,25H2,1-3H3. The van der Waals surface area contributed by atoms with Gasteiger partial charge in [0.2, 0.25) is 0 Å². The molecular formula is C33H40N4O2. The summed E-state index contributed by atoms with van der Waals surface area (Å²) in [5, 5.41) is 0. The number of likely N-dealkylation sites (N-methyl/N-ethyl adjacent to an activating group) is 2. The highest BCUT2D eigenvalue weighted by Gasteiger charge is 2.19. The van der Waals surface area contributed by atoms with E-state index in [1.807, 2.05) is 42.5 Å². The van der Waals surface area contributed by atoms with Crippen molar-refractivity contribution in [3.63, 3.8) is 0 Å². The van der Waals surface area contributed by atoms with Gasteiger partial charge in [0.1, 0.15) is 5.75 Å². The minimum absolute atomic E-state index is 0.0536. The Bertz CT molecular complexity index is 1300. The third kappa shape index (κ3) is 6.59. The van der Waals surface area contributed by atoms with Gasteiger partial charge in [-0.2, -0.15) is 0 Å². The van der Waals surface area contributed by atoms with Gasteiger partial charge in [0, 0.05) is 75.7 Å². The topological polar surface area (TPSA) is 39.3 Å². The van der Waals surface area contributed by atoms with Crippen LogP contribution in [0.3, 0.4) is 0 Å². The molecular weight excluding hydrogens is 484 g/mol. The van der Waals surface area contributed by atoms with Crippen molar-refractivity contribution in [3.8, 4) is 16.9 Å².